The fourth-order valence-electron chi connectivity index (χ4n) is 2.38. The monoisotopic (exact) mass is 249 g/mol. The molecule has 100 valence electrons. The maximum Gasteiger partial charge on any atom is 0.310 e. The highest BCUT2D eigenvalue weighted by Crippen LogP contribution is 2.32. The van der Waals surface area contributed by atoms with Crippen molar-refractivity contribution in [3.8, 4) is 0 Å². The highest BCUT2D eigenvalue weighted by Gasteiger charge is 2.34. The number of rotatable bonds is 5. The molecule has 0 radical (unpaired) electrons. The summed E-state index contributed by atoms with van der Waals surface area (Å²) in [4.78, 5) is 14.1. The Balaban J connectivity index is 3.14. The number of benzene rings is 1. The smallest absolute Gasteiger partial charge is 0.310 e. The molecule has 0 saturated heterocycles. The second-order valence-corrected chi connectivity index (χ2v) is 5.11. The fourth-order valence-corrected chi connectivity index (χ4v) is 2.38. The van der Waals surface area contributed by atoms with Gasteiger partial charge in [0, 0.05) is 6.04 Å². The van der Waals surface area contributed by atoms with E-state index in [1.807, 2.05) is 32.3 Å². The van der Waals surface area contributed by atoms with Gasteiger partial charge in [0.25, 0.3) is 0 Å². The van der Waals surface area contributed by atoms with E-state index in [1.54, 1.807) is 0 Å². The van der Waals surface area contributed by atoms with Gasteiger partial charge < -0.3 is 9.64 Å². The zero-order valence-corrected chi connectivity index (χ0v) is 11.9. The van der Waals surface area contributed by atoms with Crippen LogP contribution in [0.4, 0.5) is 0 Å². The van der Waals surface area contributed by atoms with Gasteiger partial charge in [-0.05, 0) is 25.6 Å². The van der Waals surface area contributed by atoms with Crippen LogP contribution < -0.4 is 0 Å². The molecule has 0 aliphatic rings. The molecule has 0 aliphatic carbocycles. The van der Waals surface area contributed by atoms with E-state index in [1.165, 1.54) is 7.11 Å². The Morgan fingerprint density at radius 2 is 1.72 bits per heavy atom. The molecule has 3 nitrogen and oxygen atoms in total. The first-order valence-electron chi connectivity index (χ1n) is 6.28. The van der Waals surface area contributed by atoms with Gasteiger partial charge in [-0.1, -0.05) is 44.2 Å². The zero-order valence-electron chi connectivity index (χ0n) is 11.9. The van der Waals surface area contributed by atoms with E-state index in [2.05, 4.69) is 30.9 Å². The van der Waals surface area contributed by atoms with Gasteiger partial charge in [0.2, 0.25) is 0 Å². The Labute approximate surface area is 110 Å². The van der Waals surface area contributed by atoms with Crippen LogP contribution in [-0.2, 0) is 9.53 Å². The molecule has 0 saturated carbocycles. The molecule has 1 rings (SSSR count). The second kappa shape index (κ2) is 6.55. The molecule has 2 atom stereocenters. The molecule has 18 heavy (non-hydrogen) atoms. The third-order valence-corrected chi connectivity index (χ3v) is 3.23. The van der Waals surface area contributed by atoms with Crippen molar-refractivity contribution in [3.05, 3.63) is 35.9 Å². The molecular formula is C15H23NO2. The van der Waals surface area contributed by atoms with Crippen molar-refractivity contribution in [3.63, 3.8) is 0 Å². The Morgan fingerprint density at radius 3 is 2.11 bits per heavy atom. The minimum atomic E-state index is -0.160. The first-order valence-corrected chi connectivity index (χ1v) is 6.28. The summed E-state index contributed by atoms with van der Waals surface area (Å²) in [6.45, 7) is 4.11. The molecule has 3 heteroatoms. The van der Waals surface area contributed by atoms with Crippen LogP contribution in [0.25, 0.3) is 0 Å². The van der Waals surface area contributed by atoms with E-state index >= 15 is 0 Å². The lowest BCUT2D eigenvalue weighted by Crippen LogP contribution is -2.36. The lowest BCUT2D eigenvalue weighted by atomic mass is 9.84. The average Bonchev–Trinajstić information content (AvgIpc) is 2.35. The van der Waals surface area contributed by atoms with E-state index in [4.69, 9.17) is 4.74 Å². The number of ether oxygens (including phenoxy) is 1. The van der Waals surface area contributed by atoms with Gasteiger partial charge in [-0.25, -0.2) is 0 Å². The van der Waals surface area contributed by atoms with Crippen molar-refractivity contribution in [2.24, 2.45) is 11.8 Å². The van der Waals surface area contributed by atoms with Crippen molar-refractivity contribution >= 4 is 5.97 Å². The molecule has 0 aromatic heterocycles. The predicted octanol–water partition coefficient (Wildman–Crippen LogP) is 2.73. The van der Waals surface area contributed by atoms with Gasteiger partial charge >= 0.3 is 5.97 Å². The van der Waals surface area contributed by atoms with Gasteiger partial charge in [-0.2, -0.15) is 0 Å². The van der Waals surface area contributed by atoms with Crippen LogP contribution in [0.1, 0.15) is 25.5 Å². The number of hydrogen-bond donors (Lipinski definition) is 0. The summed E-state index contributed by atoms with van der Waals surface area (Å²) >= 11 is 0. The number of methoxy groups -OCH3 is 1. The number of carbonyl (C=O) groups excluding carboxylic acids is 1. The molecule has 0 spiro atoms. The van der Waals surface area contributed by atoms with E-state index in [0.29, 0.717) is 0 Å². The minimum absolute atomic E-state index is 0.0404. The third kappa shape index (κ3) is 3.33. The summed E-state index contributed by atoms with van der Waals surface area (Å²) < 4.78 is 4.96. The van der Waals surface area contributed by atoms with Crippen molar-refractivity contribution in [2.75, 3.05) is 21.2 Å². The van der Waals surface area contributed by atoms with Gasteiger partial charge in [-0.15, -0.1) is 0 Å². The Kier molecular flexibility index (Phi) is 5.35. The molecule has 0 aliphatic heterocycles. The van der Waals surface area contributed by atoms with Gasteiger partial charge in [0.15, 0.2) is 0 Å². The topological polar surface area (TPSA) is 29.5 Å². The summed E-state index contributed by atoms with van der Waals surface area (Å²) in [5, 5.41) is 0. The van der Waals surface area contributed by atoms with Crippen LogP contribution in [0.15, 0.2) is 30.3 Å². The van der Waals surface area contributed by atoms with Crippen LogP contribution in [0.5, 0.6) is 0 Å². The van der Waals surface area contributed by atoms with Crippen molar-refractivity contribution in [1.29, 1.82) is 0 Å². The minimum Gasteiger partial charge on any atom is -0.469 e. The van der Waals surface area contributed by atoms with Gasteiger partial charge in [0.1, 0.15) is 0 Å². The first kappa shape index (κ1) is 14.7. The van der Waals surface area contributed by atoms with E-state index < -0.39 is 0 Å². The maximum absolute atomic E-state index is 12.0. The molecule has 1 aromatic rings. The van der Waals surface area contributed by atoms with E-state index in [-0.39, 0.29) is 23.8 Å². The zero-order chi connectivity index (χ0) is 13.7. The molecule has 0 N–H and O–H groups in total. The number of esters is 1. The number of carbonyl (C=O) groups is 1. The normalized spacial score (nSPS) is 14.6. The van der Waals surface area contributed by atoms with Crippen LogP contribution >= 0.6 is 0 Å². The Hall–Kier alpha value is -1.35. The largest absolute Gasteiger partial charge is 0.469 e. The highest BCUT2D eigenvalue weighted by atomic mass is 16.5. The lowest BCUT2D eigenvalue weighted by molar-refractivity contribution is -0.149. The number of hydrogen-bond acceptors (Lipinski definition) is 3. The predicted molar refractivity (Wildman–Crippen MR) is 73.2 cm³/mol. The maximum atomic E-state index is 12.0. The summed E-state index contributed by atoms with van der Waals surface area (Å²) in [7, 11) is 5.45. The third-order valence-electron chi connectivity index (χ3n) is 3.23. The van der Waals surface area contributed by atoms with Crippen molar-refractivity contribution < 1.29 is 9.53 Å². The van der Waals surface area contributed by atoms with Crippen LogP contribution in [0.3, 0.4) is 0 Å². The summed E-state index contributed by atoms with van der Waals surface area (Å²) in [6.07, 6.45) is 0. The van der Waals surface area contributed by atoms with E-state index in [0.717, 1.165) is 5.56 Å². The van der Waals surface area contributed by atoms with Gasteiger partial charge in [0.05, 0.1) is 13.0 Å². The molecule has 0 bridgehead atoms. The molecular weight excluding hydrogens is 226 g/mol. The van der Waals surface area contributed by atoms with E-state index in [9.17, 15) is 4.79 Å². The average molecular weight is 249 g/mol. The van der Waals surface area contributed by atoms with Crippen molar-refractivity contribution in [1.82, 2.24) is 4.90 Å². The SMILES string of the molecule is COC(=O)C(C(C)C)C(c1ccccc1)N(C)C. The lowest BCUT2D eigenvalue weighted by Gasteiger charge is -2.33. The standard InChI is InChI=1S/C15H23NO2/c1-11(2)13(15(17)18-5)14(16(3)4)12-9-7-6-8-10-12/h6-11,13-14H,1-5H3. The summed E-state index contributed by atoms with van der Waals surface area (Å²) in [5.74, 6) is -0.0787. The molecule has 1 aromatic carbocycles. The first-order chi connectivity index (χ1) is 8.49. The van der Waals surface area contributed by atoms with Gasteiger partial charge in [-0.3, -0.25) is 4.79 Å². The second-order valence-electron chi connectivity index (χ2n) is 5.11. The molecule has 2 unspecified atom stereocenters. The quantitative estimate of drug-likeness (QED) is 0.751. The van der Waals surface area contributed by atoms with Crippen LogP contribution in [0, 0.1) is 11.8 Å². The Bertz CT molecular complexity index is 373. The number of nitrogens with zero attached hydrogens (tertiary/aromatic N) is 1. The summed E-state index contributed by atoms with van der Waals surface area (Å²) in [6, 6.07) is 10.1. The van der Waals surface area contributed by atoms with Crippen LogP contribution in [0.2, 0.25) is 0 Å². The molecule has 0 heterocycles. The van der Waals surface area contributed by atoms with Crippen LogP contribution in [-0.4, -0.2) is 32.1 Å². The Morgan fingerprint density at radius 1 is 1.17 bits per heavy atom. The highest BCUT2D eigenvalue weighted by molar-refractivity contribution is 5.73. The van der Waals surface area contributed by atoms with Crippen molar-refractivity contribution in [2.45, 2.75) is 19.9 Å². The molecule has 0 fully saturated rings. The fraction of sp³-hybridized carbons (Fsp3) is 0.533. The molecule has 0 amide bonds. The summed E-state index contributed by atoms with van der Waals surface area (Å²) in [5.41, 5.74) is 1.14.